The Labute approximate surface area is 123 Å². The lowest BCUT2D eigenvalue weighted by Gasteiger charge is -2.30. The minimum absolute atomic E-state index is 0.270. The Kier molecular flexibility index (Phi) is 4.65. The zero-order valence-electron chi connectivity index (χ0n) is 13.2. The van der Waals surface area contributed by atoms with E-state index in [1.165, 1.54) is 35.1 Å². The Morgan fingerprint density at radius 3 is 2.05 bits per heavy atom. The van der Waals surface area contributed by atoms with Gasteiger partial charge >= 0.3 is 0 Å². The first kappa shape index (κ1) is 14.8. The van der Waals surface area contributed by atoms with E-state index in [1.54, 1.807) is 0 Å². The second-order valence-corrected chi connectivity index (χ2v) is 6.28. The Balaban J connectivity index is 2.20. The maximum atomic E-state index is 2.41. The molecule has 2 aromatic rings. The third-order valence-corrected chi connectivity index (χ3v) is 4.51. The van der Waals surface area contributed by atoms with Gasteiger partial charge in [-0.2, -0.15) is 0 Å². The summed E-state index contributed by atoms with van der Waals surface area (Å²) >= 11 is 0. The standard InChI is InChI=1S/C20H26/c1-5-20(4,12-11-18-9-7-6-8-10-18)19-14-16(2)13-17(3)15-19/h6-10,13-15H,5,11-12H2,1-4H3/t20-/m0/s1. The summed E-state index contributed by atoms with van der Waals surface area (Å²) in [5, 5.41) is 0. The van der Waals surface area contributed by atoms with Crippen LogP contribution in [0.5, 0.6) is 0 Å². The van der Waals surface area contributed by atoms with Crippen molar-refractivity contribution in [3.05, 3.63) is 70.8 Å². The van der Waals surface area contributed by atoms with Gasteiger partial charge in [-0.15, -0.1) is 0 Å². The summed E-state index contributed by atoms with van der Waals surface area (Å²) in [5.41, 5.74) is 5.95. The van der Waals surface area contributed by atoms with E-state index in [0.29, 0.717) is 0 Å². The van der Waals surface area contributed by atoms with Gasteiger partial charge in [0.1, 0.15) is 0 Å². The van der Waals surface area contributed by atoms with Crippen LogP contribution in [0.2, 0.25) is 0 Å². The molecule has 0 heterocycles. The third-order valence-electron chi connectivity index (χ3n) is 4.51. The van der Waals surface area contributed by atoms with Gasteiger partial charge in [0.2, 0.25) is 0 Å². The fourth-order valence-corrected chi connectivity index (χ4v) is 2.91. The zero-order chi connectivity index (χ0) is 14.6. The van der Waals surface area contributed by atoms with Crippen LogP contribution >= 0.6 is 0 Å². The molecule has 0 spiro atoms. The average molecular weight is 266 g/mol. The minimum atomic E-state index is 0.270. The topological polar surface area (TPSA) is 0 Å². The van der Waals surface area contributed by atoms with Crippen LogP contribution in [0, 0.1) is 13.8 Å². The lowest BCUT2D eigenvalue weighted by atomic mass is 9.75. The Morgan fingerprint density at radius 1 is 0.900 bits per heavy atom. The smallest absolute Gasteiger partial charge is 0.00745 e. The van der Waals surface area contributed by atoms with Gasteiger partial charge in [-0.25, -0.2) is 0 Å². The molecule has 0 fully saturated rings. The molecule has 0 aromatic heterocycles. The van der Waals surface area contributed by atoms with E-state index in [4.69, 9.17) is 0 Å². The molecule has 0 saturated carbocycles. The minimum Gasteiger partial charge on any atom is -0.0645 e. The molecule has 0 heteroatoms. The SMILES string of the molecule is CC[C@@](C)(CCc1ccccc1)c1cc(C)cc(C)c1. The first-order chi connectivity index (χ1) is 9.53. The van der Waals surface area contributed by atoms with Gasteiger partial charge in [0, 0.05) is 0 Å². The van der Waals surface area contributed by atoms with Gasteiger partial charge in [0.25, 0.3) is 0 Å². The lowest BCUT2D eigenvalue weighted by Crippen LogP contribution is -2.22. The molecule has 2 rings (SSSR count). The molecule has 0 aliphatic rings. The zero-order valence-corrected chi connectivity index (χ0v) is 13.2. The molecule has 0 aliphatic carbocycles. The van der Waals surface area contributed by atoms with Crippen molar-refractivity contribution in [3.63, 3.8) is 0 Å². The summed E-state index contributed by atoms with van der Waals surface area (Å²) in [6.07, 6.45) is 3.54. The van der Waals surface area contributed by atoms with Crippen molar-refractivity contribution in [2.75, 3.05) is 0 Å². The van der Waals surface area contributed by atoms with Gasteiger partial charge in [-0.05, 0) is 49.7 Å². The van der Waals surface area contributed by atoms with Crippen LogP contribution in [0.1, 0.15) is 48.9 Å². The molecule has 2 aromatic carbocycles. The van der Waals surface area contributed by atoms with E-state index >= 15 is 0 Å². The first-order valence-electron chi connectivity index (χ1n) is 7.66. The Morgan fingerprint density at radius 2 is 1.50 bits per heavy atom. The van der Waals surface area contributed by atoms with Crippen molar-refractivity contribution in [2.24, 2.45) is 0 Å². The monoisotopic (exact) mass is 266 g/mol. The van der Waals surface area contributed by atoms with Gasteiger partial charge in [0.15, 0.2) is 0 Å². The fourth-order valence-electron chi connectivity index (χ4n) is 2.91. The molecule has 0 radical (unpaired) electrons. The Bertz CT molecular complexity index is 533. The predicted molar refractivity (Wildman–Crippen MR) is 88.3 cm³/mol. The lowest BCUT2D eigenvalue weighted by molar-refractivity contribution is 0.418. The molecule has 1 atom stereocenters. The molecule has 0 N–H and O–H groups in total. The van der Waals surface area contributed by atoms with Crippen LogP contribution in [0.25, 0.3) is 0 Å². The highest BCUT2D eigenvalue weighted by atomic mass is 14.3. The van der Waals surface area contributed by atoms with Gasteiger partial charge in [0.05, 0.1) is 0 Å². The van der Waals surface area contributed by atoms with Crippen molar-refractivity contribution >= 4 is 0 Å². The van der Waals surface area contributed by atoms with E-state index in [9.17, 15) is 0 Å². The van der Waals surface area contributed by atoms with Crippen molar-refractivity contribution in [1.82, 2.24) is 0 Å². The fraction of sp³-hybridized carbons (Fsp3) is 0.400. The van der Waals surface area contributed by atoms with E-state index in [-0.39, 0.29) is 5.41 Å². The van der Waals surface area contributed by atoms with E-state index in [1.807, 2.05) is 0 Å². The normalized spacial score (nSPS) is 14.0. The molecule has 20 heavy (non-hydrogen) atoms. The van der Waals surface area contributed by atoms with Crippen molar-refractivity contribution in [2.45, 2.75) is 52.4 Å². The number of aryl methyl sites for hydroxylation is 3. The maximum Gasteiger partial charge on any atom is -0.00745 e. The van der Waals surface area contributed by atoms with E-state index in [0.717, 1.165) is 6.42 Å². The number of benzene rings is 2. The summed E-state index contributed by atoms with van der Waals surface area (Å²) in [5.74, 6) is 0. The molecule has 0 aliphatic heterocycles. The van der Waals surface area contributed by atoms with Crippen molar-refractivity contribution < 1.29 is 0 Å². The van der Waals surface area contributed by atoms with E-state index < -0.39 is 0 Å². The van der Waals surface area contributed by atoms with Crippen LogP contribution in [-0.4, -0.2) is 0 Å². The van der Waals surface area contributed by atoms with Crippen LogP contribution < -0.4 is 0 Å². The van der Waals surface area contributed by atoms with E-state index in [2.05, 4.69) is 76.2 Å². The average Bonchev–Trinajstić information content (AvgIpc) is 2.45. The highest BCUT2D eigenvalue weighted by Gasteiger charge is 2.24. The van der Waals surface area contributed by atoms with Crippen molar-refractivity contribution in [1.29, 1.82) is 0 Å². The molecular weight excluding hydrogens is 240 g/mol. The number of rotatable bonds is 5. The van der Waals surface area contributed by atoms with Gasteiger partial charge in [-0.3, -0.25) is 0 Å². The van der Waals surface area contributed by atoms with Crippen LogP contribution in [-0.2, 0) is 11.8 Å². The Hall–Kier alpha value is -1.56. The molecule has 106 valence electrons. The van der Waals surface area contributed by atoms with Crippen LogP contribution in [0.4, 0.5) is 0 Å². The van der Waals surface area contributed by atoms with Crippen LogP contribution in [0.3, 0.4) is 0 Å². The van der Waals surface area contributed by atoms with Gasteiger partial charge in [-0.1, -0.05) is 73.5 Å². The molecule has 0 bridgehead atoms. The van der Waals surface area contributed by atoms with Crippen molar-refractivity contribution in [3.8, 4) is 0 Å². The first-order valence-corrected chi connectivity index (χ1v) is 7.66. The summed E-state index contributed by atoms with van der Waals surface area (Å²) in [6.45, 7) is 9.11. The quantitative estimate of drug-likeness (QED) is 0.660. The molecule has 0 saturated heterocycles. The van der Waals surface area contributed by atoms with Crippen LogP contribution in [0.15, 0.2) is 48.5 Å². The summed E-state index contributed by atoms with van der Waals surface area (Å²) in [7, 11) is 0. The third kappa shape index (κ3) is 3.50. The highest BCUT2D eigenvalue weighted by Crippen LogP contribution is 2.33. The number of hydrogen-bond donors (Lipinski definition) is 0. The molecule has 0 amide bonds. The summed E-state index contributed by atoms with van der Waals surface area (Å²) < 4.78 is 0. The number of hydrogen-bond acceptors (Lipinski definition) is 0. The molecule has 0 nitrogen and oxygen atoms in total. The molecule has 0 unspecified atom stereocenters. The highest BCUT2D eigenvalue weighted by molar-refractivity contribution is 5.34. The largest absolute Gasteiger partial charge is 0.0645 e. The second-order valence-electron chi connectivity index (χ2n) is 6.28. The summed E-state index contributed by atoms with van der Waals surface area (Å²) in [6, 6.07) is 17.8. The molecular formula is C20H26. The predicted octanol–water partition coefficient (Wildman–Crippen LogP) is 5.60. The summed E-state index contributed by atoms with van der Waals surface area (Å²) in [4.78, 5) is 0. The van der Waals surface area contributed by atoms with Gasteiger partial charge < -0.3 is 0 Å². The maximum absolute atomic E-state index is 2.41. The second kappa shape index (κ2) is 6.26.